The number of rotatable bonds is 9. The van der Waals surface area contributed by atoms with Crippen molar-refractivity contribution in [1.29, 1.82) is 0 Å². The Kier molecular flexibility index (Phi) is 9.07. The second-order valence-electron chi connectivity index (χ2n) is 11.2. The van der Waals surface area contributed by atoms with E-state index in [2.05, 4.69) is 20.9 Å². The molecule has 0 unspecified atom stereocenters. The molecule has 214 valence electrons. The number of amides is 3. The molecule has 3 aromatic carbocycles. The molecule has 0 spiro atoms. The Hall–Kier alpha value is -4.66. The molecule has 3 amide bonds. The highest BCUT2D eigenvalue weighted by molar-refractivity contribution is 5.86. The maximum atomic E-state index is 13.6. The van der Waals surface area contributed by atoms with E-state index in [1.807, 2.05) is 87.5 Å². The van der Waals surface area contributed by atoms with Crippen LogP contribution in [0, 0.1) is 6.92 Å². The lowest BCUT2D eigenvalue weighted by atomic mass is 10.0. The summed E-state index contributed by atoms with van der Waals surface area (Å²) < 4.78 is 5.59. The van der Waals surface area contributed by atoms with Gasteiger partial charge in [0.1, 0.15) is 6.04 Å². The highest BCUT2D eigenvalue weighted by Crippen LogP contribution is 2.20. The summed E-state index contributed by atoms with van der Waals surface area (Å²) in [5.41, 5.74) is 2.91. The maximum absolute atomic E-state index is 13.6. The van der Waals surface area contributed by atoms with Gasteiger partial charge in [-0.15, -0.1) is 0 Å². The van der Waals surface area contributed by atoms with Crippen molar-refractivity contribution < 1.29 is 14.0 Å². The molecule has 1 heterocycles. The first-order valence-corrected chi connectivity index (χ1v) is 13.6. The minimum atomic E-state index is -0.717. The summed E-state index contributed by atoms with van der Waals surface area (Å²) in [6.45, 7) is 8.17. The number of fused-ring (bicyclic) bond motifs is 1. The normalized spacial score (nSPS) is 12.0. The molecule has 4 aromatic rings. The number of hydrogen-bond acceptors (Lipinski definition) is 6. The molecule has 0 saturated carbocycles. The van der Waals surface area contributed by atoms with Gasteiger partial charge in [0.05, 0.1) is 10.9 Å². The molecule has 0 aliphatic carbocycles. The number of nitrogens with one attached hydrogen (secondary N) is 3. The number of benzene rings is 3. The van der Waals surface area contributed by atoms with Crippen LogP contribution in [0.15, 0.2) is 82.0 Å². The van der Waals surface area contributed by atoms with E-state index in [1.54, 1.807) is 24.9 Å². The van der Waals surface area contributed by atoms with Gasteiger partial charge < -0.3 is 25.3 Å². The fourth-order valence-electron chi connectivity index (χ4n) is 4.58. The van der Waals surface area contributed by atoms with E-state index in [-0.39, 0.29) is 30.0 Å². The van der Waals surface area contributed by atoms with Crippen LogP contribution < -0.4 is 21.6 Å². The second kappa shape index (κ2) is 12.7. The van der Waals surface area contributed by atoms with Crippen LogP contribution in [-0.2, 0) is 24.3 Å². The molecule has 1 aromatic heterocycles. The Morgan fingerprint density at radius 2 is 1.59 bits per heavy atom. The van der Waals surface area contributed by atoms with Gasteiger partial charge in [0, 0.05) is 32.1 Å². The number of carbonyl (C=O) groups is 2. The Bertz CT molecular complexity index is 1560. The highest BCUT2D eigenvalue weighted by Gasteiger charge is 2.25. The van der Waals surface area contributed by atoms with Gasteiger partial charge in [-0.05, 0) is 56.0 Å². The molecular weight excluding hydrogens is 518 g/mol. The Balaban J connectivity index is 1.57. The largest absolute Gasteiger partial charge is 0.389 e. The minimum Gasteiger partial charge on any atom is -0.389 e. The monoisotopic (exact) mass is 555 g/mol. The van der Waals surface area contributed by atoms with Crippen molar-refractivity contribution in [3.05, 3.63) is 105 Å². The summed E-state index contributed by atoms with van der Waals surface area (Å²) in [4.78, 5) is 45.1. The second-order valence-corrected chi connectivity index (χ2v) is 11.2. The van der Waals surface area contributed by atoms with Crippen LogP contribution in [0.2, 0.25) is 0 Å². The van der Waals surface area contributed by atoms with Gasteiger partial charge in [-0.25, -0.2) is 9.59 Å². The highest BCUT2D eigenvalue weighted by atomic mass is 16.4. The van der Waals surface area contributed by atoms with E-state index in [0.717, 1.165) is 16.7 Å². The van der Waals surface area contributed by atoms with Crippen molar-refractivity contribution in [2.45, 2.75) is 58.8 Å². The van der Waals surface area contributed by atoms with E-state index in [1.165, 1.54) is 0 Å². The Labute approximate surface area is 240 Å². The molecule has 41 heavy (non-hydrogen) atoms. The summed E-state index contributed by atoms with van der Waals surface area (Å²) in [7, 11) is 1.75. The summed E-state index contributed by atoms with van der Waals surface area (Å²) in [5, 5.41) is 9.09. The third-order valence-corrected chi connectivity index (χ3v) is 6.62. The molecular formula is C32H37N5O4. The van der Waals surface area contributed by atoms with Gasteiger partial charge in [0.15, 0.2) is 0 Å². The van der Waals surface area contributed by atoms with Crippen LogP contribution in [0.3, 0.4) is 0 Å². The molecule has 1 atom stereocenters. The quantitative estimate of drug-likeness (QED) is 0.274. The standard InChI is InChI=1S/C32H37N5O4/c1-21-24(19-33-30(40)36-32(2,3)4)16-17-25-27(21)29(39)41-31(34-25)35-26(18-22-12-8-6-9-13-22)28(38)37(5)20-23-14-10-7-11-15-23/h6-17,26H,18-20H2,1-5H3,(H,34,35)(H2,33,36,40)/t26-/m0/s1. The first kappa shape index (κ1) is 29.3. The average Bonchev–Trinajstić information content (AvgIpc) is 2.92. The van der Waals surface area contributed by atoms with Crippen molar-refractivity contribution >= 4 is 28.9 Å². The van der Waals surface area contributed by atoms with Gasteiger partial charge >= 0.3 is 11.7 Å². The number of anilines is 1. The molecule has 3 N–H and O–H groups in total. The zero-order chi connectivity index (χ0) is 29.6. The fourth-order valence-corrected chi connectivity index (χ4v) is 4.58. The number of likely N-dealkylation sites (N-methyl/N-ethyl adjacent to an activating group) is 1. The number of urea groups is 1. The van der Waals surface area contributed by atoms with Crippen molar-refractivity contribution in [3.63, 3.8) is 0 Å². The van der Waals surface area contributed by atoms with E-state index < -0.39 is 11.7 Å². The van der Waals surface area contributed by atoms with Gasteiger partial charge in [0.25, 0.3) is 6.01 Å². The predicted molar refractivity (Wildman–Crippen MR) is 161 cm³/mol. The first-order valence-electron chi connectivity index (χ1n) is 13.6. The van der Waals surface area contributed by atoms with Gasteiger partial charge in [0.2, 0.25) is 5.91 Å². The SMILES string of the molecule is Cc1c(CNC(=O)NC(C)(C)C)ccc2nc(N[C@@H](Cc3ccccc3)C(=O)N(C)Cc3ccccc3)oc(=O)c12. The van der Waals surface area contributed by atoms with Crippen LogP contribution in [0.5, 0.6) is 0 Å². The molecule has 0 aliphatic rings. The zero-order valence-electron chi connectivity index (χ0n) is 24.2. The fraction of sp³-hybridized carbons (Fsp3) is 0.312. The molecule has 0 fully saturated rings. The lowest BCUT2D eigenvalue weighted by Gasteiger charge is -2.25. The molecule has 0 saturated heterocycles. The van der Waals surface area contributed by atoms with Crippen LogP contribution in [0.4, 0.5) is 10.8 Å². The molecule has 9 heteroatoms. The topological polar surface area (TPSA) is 117 Å². The van der Waals surface area contributed by atoms with Gasteiger partial charge in [-0.2, -0.15) is 4.98 Å². The average molecular weight is 556 g/mol. The number of nitrogens with zero attached hydrogens (tertiary/aromatic N) is 2. The smallest absolute Gasteiger partial charge is 0.348 e. The van der Waals surface area contributed by atoms with E-state index in [0.29, 0.717) is 29.4 Å². The van der Waals surface area contributed by atoms with Crippen LogP contribution in [0.25, 0.3) is 10.9 Å². The summed E-state index contributed by atoms with van der Waals surface area (Å²) in [5.74, 6) is -0.159. The lowest BCUT2D eigenvalue weighted by Crippen LogP contribution is -2.46. The zero-order valence-corrected chi connectivity index (χ0v) is 24.2. The molecule has 0 aliphatic heterocycles. The van der Waals surface area contributed by atoms with Gasteiger partial charge in [-0.1, -0.05) is 66.7 Å². The lowest BCUT2D eigenvalue weighted by molar-refractivity contribution is -0.131. The molecule has 9 nitrogen and oxygen atoms in total. The van der Waals surface area contributed by atoms with E-state index >= 15 is 0 Å². The Morgan fingerprint density at radius 3 is 2.22 bits per heavy atom. The number of carbonyl (C=O) groups excluding carboxylic acids is 2. The third kappa shape index (κ3) is 7.94. The van der Waals surface area contributed by atoms with E-state index in [4.69, 9.17) is 4.42 Å². The van der Waals surface area contributed by atoms with Gasteiger partial charge in [-0.3, -0.25) is 4.79 Å². The first-order chi connectivity index (χ1) is 19.5. The van der Waals surface area contributed by atoms with E-state index in [9.17, 15) is 14.4 Å². The van der Waals surface area contributed by atoms with Crippen molar-refractivity contribution in [2.75, 3.05) is 12.4 Å². The summed E-state index contributed by atoms with van der Waals surface area (Å²) in [6.07, 6.45) is 0.377. The minimum absolute atomic E-state index is 0.0280. The van der Waals surface area contributed by atoms with Crippen molar-refractivity contribution in [3.8, 4) is 0 Å². The summed E-state index contributed by atoms with van der Waals surface area (Å²) in [6, 6.07) is 21.9. The number of aromatic nitrogens is 1. The molecule has 0 bridgehead atoms. The van der Waals surface area contributed by atoms with Crippen molar-refractivity contribution in [1.82, 2.24) is 20.5 Å². The van der Waals surface area contributed by atoms with Crippen LogP contribution >= 0.6 is 0 Å². The van der Waals surface area contributed by atoms with Crippen LogP contribution in [-0.4, -0.2) is 40.5 Å². The Morgan fingerprint density at radius 1 is 0.951 bits per heavy atom. The molecule has 0 radical (unpaired) electrons. The third-order valence-electron chi connectivity index (χ3n) is 6.62. The number of hydrogen-bond donors (Lipinski definition) is 3. The predicted octanol–water partition coefficient (Wildman–Crippen LogP) is 4.78. The van der Waals surface area contributed by atoms with Crippen molar-refractivity contribution in [2.24, 2.45) is 0 Å². The maximum Gasteiger partial charge on any atom is 0.348 e. The summed E-state index contributed by atoms with van der Waals surface area (Å²) >= 11 is 0. The number of aryl methyl sites for hydroxylation is 1. The van der Waals surface area contributed by atoms with Crippen LogP contribution in [0.1, 0.15) is 43.0 Å². The molecule has 4 rings (SSSR count).